The molecule has 0 fully saturated rings. The highest BCUT2D eigenvalue weighted by molar-refractivity contribution is 5.60. The monoisotopic (exact) mass is 248 g/mol. The van der Waals surface area contributed by atoms with Crippen molar-refractivity contribution in [2.75, 3.05) is 11.9 Å². The molecule has 0 bridgehead atoms. The standard InChI is InChI=1S/C16H28N2/c1-11-8-13(15(3,4)5)9-12(2)14(11)18-16(6,7)10-17/h8-9,18H,10,17H2,1-7H3. The number of hydrogen-bond acceptors (Lipinski definition) is 2. The number of anilines is 1. The minimum absolute atomic E-state index is 0.0707. The number of benzene rings is 1. The topological polar surface area (TPSA) is 38.0 Å². The molecular formula is C16H28N2. The van der Waals surface area contributed by atoms with Gasteiger partial charge in [0.2, 0.25) is 0 Å². The number of nitrogens with one attached hydrogen (secondary N) is 1. The first-order valence-electron chi connectivity index (χ1n) is 6.67. The highest BCUT2D eigenvalue weighted by Crippen LogP contribution is 2.30. The van der Waals surface area contributed by atoms with E-state index in [9.17, 15) is 0 Å². The number of rotatable bonds is 3. The zero-order valence-corrected chi connectivity index (χ0v) is 12.9. The van der Waals surface area contributed by atoms with E-state index in [2.05, 4.69) is 65.9 Å². The predicted molar refractivity (Wildman–Crippen MR) is 81.4 cm³/mol. The summed E-state index contributed by atoms with van der Waals surface area (Å²) in [5.41, 5.74) is 11.1. The molecule has 18 heavy (non-hydrogen) atoms. The van der Waals surface area contributed by atoms with Crippen molar-refractivity contribution < 1.29 is 0 Å². The second-order valence-corrected chi connectivity index (χ2v) is 6.95. The van der Waals surface area contributed by atoms with Crippen LogP contribution in [0.15, 0.2) is 12.1 Å². The number of nitrogens with two attached hydrogens (primary N) is 1. The van der Waals surface area contributed by atoms with Crippen LogP contribution in [0, 0.1) is 13.8 Å². The molecular weight excluding hydrogens is 220 g/mol. The molecule has 0 unspecified atom stereocenters. The molecule has 2 heteroatoms. The first kappa shape index (κ1) is 15.0. The van der Waals surface area contributed by atoms with Gasteiger partial charge in [-0.3, -0.25) is 0 Å². The Balaban J connectivity index is 3.18. The van der Waals surface area contributed by atoms with Gasteiger partial charge in [-0.2, -0.15) is 0 Å². The van der Waals surface area contributed by atoms with Crippen molar-refractivity contribution in [3.8, 4) is 0 Å². The van der Waals surface area contributed by atoms with Crippen LogP contribution in [0.2, 0.25) is 0 Å². The molecule has 0 saturated heterocycles. The van der Waals surface area contributed by atoms with E-state index in [0.717, 1.165) is 0 Å². The third-order valence-corrected chi connectivity index (χ3v) is 3.37. The van der Waals surface area contributed by atoms with Gasteiger partial charge in [-0.05, 0) is 49.8 Å². The van der Waals surface area contributed by atoms with Crippen molar-refractivity contribution in [2.45, 2.75) is 59.4 Å². The molecule has 1 aromatic carbocycles. The Hall–Kier alpha value is -1.02. The van der Waals surface area contributed by atoms with E-state index in [-0.39, 0.29) is 11.0 Å². The molecule has 0 radical (unpaired) electrons. The molecule has 0 saturated carbocycles. The Labute approximate surface area is 112 Å². The lowest BCUT2D eigenvalue weighted by Gasteiger charge is -2.29. The molecule has 2 nitrogen and oxygen atoms in total. The second kappa shape index (κ2) is 4.93. The lowest BCUT2D eigenvalue weighted by atomic mass is 9.84. The fourth-order valence-electron chi connectivity index (χ4n) is 1.98. The Morgan fingerprint density at radius 1 is 1.00 bits per heavy atom. The average Bonchev–Trinajstić information content (AvgIpc) is 2.22. The summed E-state index contributed by atoms with van der Waals surface area (Å²) in [6.07, 6.45) is 0. The fraction of sp³-hybridized carbons (Fsp3) is 0.625. The first-order chi connectivity index (χ1) is 8.07. The highest BCUT2D eigenvalue weighted by Gasteiger charge is 2.20. The quantitative estimate of drug-likeness (QED) is 0.855. The summed E-state index contributed by atoms with van der Waals surface area (Å²) in [4.78, 5) is 0. The first-order valence-corrected chi connectivity index (χ1v) is 6.67. The van der Waals surface area contributed by atoms with Crippen LogP contribution in [-0.2, 0) is 5.41 Å². The average molecular weight is 248 g/mol. The SMILES string of the molecule is Cc1cc(C(C)(C)C)cc(C)c1NC(C)(C)CN. The molecule has 0 aliphatic rings. The number of hydrogen-bond donors (Lipinski definition) is 2. The molecule has 102 valence electrons. The van der Waals surface area contributed by atoms with E-state index in [4.69, 9.17) is 5.73 Å². The van der Waals surface area contributed by atoms with Crippen molar-refractivity contribution in [2.24, 2.45) is 5.73 Å². The van der Waals surface area contributed by atoms with Gasteiger partial charge in [-0.15, -0.1) is 0 Å². The van der Waals surface area contributed by atoms with E-state index >= 15 is 0 Å². The van der Waals surface area contributed by atoms with Crippen LogP contribution in [-0.4, -0.2) is 12.1 Å². The molecule has 1 rings (SSSR count). The second-order valence-electron chi connectivity index (χ2n) is 6.95. The van der Waals surface area contributed by atoms with Crippen molar-refractivity contribution in [1.29, 1.82) is 0 Å². The van der Waals surface area contributed by atoms with Crippen LogP contribution in [0.1, 0.15) is 51.3 Å². The molecule has 0 heterocycles. The minimum Gasteiger partial charge on any atom is -0.378 e. The van der Waals surface area contributed by atoms with Crippen LogP contribution in [0.3, 0.4) is 0 Å². The van der Waals surface area contributed by atoms with Gasteiger partial charge < -0.3 is 11.1 Å². The Morgan fingerprint density at radius 3 is 1.78 bits per heavy atom. The van der Waals surface area contributed by atoms with Gasteiger partial charge in [0, 0.05) is 17.8 Å². The molecule has 1 aromatic rings. The smallest absolute Gasteiger partial charge is 0.0439 e. The van der Waals surface area contributed by atoms with Crippen LogP contribution in [0.4, 0.5) is 5.69 Å². The zero-order valence-electron chi connectivity index (χ0n) is 12.9. The molecule has 0 aliphatic carbocycles. The fourth-order valence-corrected chi connectivity index (χ4v) is 1.98. The summed E-state index contributed by atoms with van der Waals surface area (Å²) in [5, 5.41) is 3.56. The maximum atomic E-state index is 5.79. The summed E-state index contributed by atoms with van der Waals surface area (Å²) in [6.45, 7) is 15.9. The van der Waals surface area contributed by atoms with E-state index in [0.29, 0.717) is 6.54 Å². The molecule has 0 aromatic heterocycles. The molecule has 3 N–H and O–H groups in total. The molecule has 0 atom stereocenters. The lowest BCUT2D eigenvalue weighted by molar-refractivity contribution is 0.576. The predicted octanol–water partition coefficient (Wildman–Crippen LogP) is 3.75. The highest BCUT2D eigenvalue weighted by atomic mass is 15.0. The summed E-state index contributed by atoms with van der Waals surface area (Å²) < 4.78 is 0. The zero-order chi connectivity index (χ0) is 14.1. The Morgan fingerprint density at radius 2 is 1.44 bits per heavy atom. The number of aryl methyl sites for hydroxylation is 2. The summed E-state index contributed by atoms with van der Waals surface area (Å²) in [6, 6.07) is 4.56. The third-order valence-electron chi connectivity index (χ3n) is 3.37. The van der Waals surface area contributed by atoms with Gasteiger partial charge >= 0.3 is 0 Å². The lowest BCUT2D eigenvalue weighted by Crippen LogP contribution is -2.39. The van der Waals surface area contributed by atoms with Crippen molar-refractivity contribution in [1.82, 2.24) is 0 Å². The van der Waals surface area contributed by atoms with Crippen LogP contribution in [0.5, 0.6) is 0 Å². The van der Waals surface area contributed by atoms with Gasteiger partial charge in [-0.1, -0.05) is 32.9 Å². The Kier molecular flexibility index (Phi) is 4.12. The van der Waals surface area contributed by atoms with Crippen molar-refractivity contribution in [3.63, 3.8) is 0 Å². The summed E-state index contributed by atoms with van der Waals surface area (Å²) in [7, 11) is 0. The maximum absolute atomic E-state index is 5.79. The van der Waals surface area contributed by atoms with Gasteiger partial charge in [0.1, 0.15) is 0 Å². The van der Waals surface area contributed by atoms with E-state index in [1.165, 1.54) is 22.4 Å². The molecule has 0 spiro atoms. The minimum atomic E-state index is -0.0707. The third kappa shape index (κ3) is 3.49. The van der Waals surface area contributed by atoms with Crippen molar-refractivity contribution in [3.05, 3.63) is 28.8 Å². The largest absolute Gasteiger partial charge is 0.378 e. The van der Waals surface area contributed by atoms with Gasteiger partial charge in [0.05, 0.1) is 0 Å². The summed E-state index contributed by atoms with van der Waals surface area (Å²) >= 11 is 0. The van der Waals surface area contributed by atoms with Crippen molar-refractivity contribution >= 4 is 5.69 Å². The van der Waals surface area contributed by atoms with Gasteiger partial charge in [0.25, 0.3) is 0 Å². The normalized spacial score (nSPS) is 12.7. The maximum Gasteiger partial charge on any atom is 0.0439 e. The van der Waals surface area contributed by atoms with Gasteiger partial charge in [-0.25, -0.2) is 0 Å². The Bertz CT molecular complexity index is 402. The van der Waals surface area contributed by atoms with E-state index in [1.54, 1.807) is 0 Å². The van der Waals surface area contributed by atoms with Gasteiger partial charge in [0.15, 0.2) is 0 Å². The van der Waals surface area contributed by atoms with Crippen LogP contribution < -0.4 is 11.1 Å². The summed E-state index contributed by atoms with van der Waals surface area (Å²) in [5.74, 6) is 0. The van der Waals surface area contributed by atoms with E-state index < -0.39 is 0 Å². The molecule has 0 amide bonds. The van der Waals surface area contributed by atoms with Crippen LogP contribution in [0.25, 0.3) is 0 Å². The van der Waals surface area contributed by atoms with E-state index in [1.807, 2.05) is 0 Å². The molecule has 0 aliphatic heterocycles. The van der Waals surface area contributed by atoms with Crippen LogP contribution >= 0.6 is 0 Å².